The highest BCUT2D eigenvalue weighted by atomic mass is 16.5. The molecule has 1 aliphatic heterocycles. The molecule has 0 fully saturated rings. The Balaban J connectivity index is 2.86. The summed E-state index contributed by atoms with van der Waals surface area (Å²) >= 11 is 0. The molecule has 0 aromatic rings. The Morgan fingerprint density at radius 3 is 2.72 bits per heavy atom. The number of rotatable bonds is 6. The van der Waals surface area contributed by atoms with Gasteiger partial charge in [0.2, 0.25) is 5.91 Å². The second-order valence-corrected chi connectivity index (χ2v) is 4.65. The SMILES string of the molecule is C=C1C=C(OC)[C@@H](CCC)N1C(=O)[C@@H](N)CCC. The predicted octanol–water partition coefficient (Wildman–Crippen LogP) is 2.17. The Hall–Kier alpha value is -1.29. The van der Waals surface area contributed by atoms with E-state index in [2.05, 4.69) is 13.5 Å². The third kappa shape index (κ3) is 2.93. The number of ether oxygens (including phenoxy) is 1. The Labute approximate surface area is 109 Å². The molecular formula is C14H24N2O2. The lowest BCUT2D eigenvalue weighted by Gasteiger charge is -2.29. The van der Waals surface area contributed by atoms with Crippen LogP contribution in [0.25, 0.3) is 0 Å². The first-order chi connectivity index (χ1) is 8.56. The van der Waals surface area contributed by atoms with Crippen LogP contribution in [0, 0.1) is 0 Å². The van der Waals surface area contributed by atoms with Gasteiger partial charge in [0.25, 0.3) is 0 Å². The molecule has 1 rings (SSSR count). The van der Waals surface area contributed by atoms with Gasteiger partial charge < -0.3 is 15.4 Å². The minimum Gasteiger partial charge on any atom is -0.499 e. The quantitative estimate of drug-likeness (QED) is 0.788. The van der Waals surface area contributed by atoms with E-state index >= 15 is 0 Å². The summed E-state index contributed by atoms with van der Waals surface area (Å²) in [5.41, 5.74) is 6.60. The minimum absolute atomic E-state index is 0.0390. The lowest BCUT2D eigenvalue weighted by atomic mass is 10.1. The highest BCUT2D eigenvalue weighted by molar-refractivity contribution is 5.85. The normalized spacial score (nSPS) is 20.9. The zero-order valence-electron chi connectivity index (χ0n) is 11.6. The molecule has 0 saturated carbocycles. The van der Waals surface area contributed by atoms with Crippen LogP contribution in [0.5, 0.6) is 0 Å². The van der Waals surface area contributed by atoms with Crippen molar-refractivity contribution in [1.29, 1.82) is 0 Å². The molecule has 2 N–H and O–H groups in total. The van der Waals surface area contributed by atoms with Gasteiger partial charge in [-0.25, -0.2) is 0 Å². The maximum absolute atomic E-state index is 12.3. The molecule has 4 heteroatoms. The second-order valence-electron chi connectivity index (χ2n) is 4.65. The van der Waals surface area contributed by atoms with Gasteiger partial charge in [0.15, 0.2) is 0 Å². The number of hydrogen-bond acceptors (Lipinski definition) is 3. The fourth-order valence-electron chi connectivity index (χ4n) is 2.31. The first kappa shape index (κ1) is 14.8. The van der Waals surface area contributed by atoms with E-state index in [4.69, 9.17) is 10.5 Å². The van der Waals surface area contributed by atoms with Gasteiger partial charge in [-0.2, -0.15) is 0 Å². The van der Waals surface area contributed by atoms with Crippen molar-refractivity contribution in [2.75, 3.05) is 7.11 Å². The number of carbonyl (C=O) groups excluding carboxylic acids is 1. The summed E-state index contributed by atoms with van der Waals surface area (Å²) in [5, 5.41) is 0. The Bertz CT molecular complexity index is 350. The van der Waals surface area contributed by atoms with Crippen LogP contribution in [0.4, 0.5) is 0 Å². The van der Waals surface area contributed by atoms with Gasteiger partial charge in [-0.1, -0.05) is 33.3 Å². The number of amides is 1. The average Bonchev–Trinajstić information content (AvgIpc) is 2.65. The summed E-state index contributed by atoms with van der Waals surface area (Å²) in [7, 11) is 1.63. The summed E-state index contributed by atoms with van der Waals surface area (Å²) in [6.07, 6.45) is 5.27. The second kappa shape index (κ2) is 6.59. The van der Waals surface area contributed by atoms with Crippen LogP contribution in [0.1, 0.15) is 39.5 Å². The molecule has 102 valence electrons. The lowest BCUT2D eigenvalue weighted by molar-refractivity contribution is -0.132. The zero-order valence-corrected chi connectivity index (χ0v) is 11.6. The van der Waals surface area contributed by atoms with Crippen molar-refractivity contribution in [2.45, 2.75) is 51.6 Å². The molecule has 2 atom stereocenters. The smallest absolute Gasteiger partial charge is 0.244 e. The molecule has 1 aliphatic rings. The van der Waals surface area contributed by atoms with Gasteiger partial charge in [0.05, 0.1) is 19.2 Å². The molecule has 0 aromatic heterocycles. The largest absolute Gasteiger partial charge is 0.499 e. The monoisotopic (exact) mass is 252 g/mol. The Kier molecular flexibility index (Phi) is 5.41. The van der Waals surface area contributed by atoms with Gasteiger partial charge in [0, 0.05) is 11.8 Å². The summed E-state index contributed by atoms with van der Waals surface area (Å²) in [4.78, 5) is 14.0. The highest BCUT2D eigenvalue weighted by Crippen LogP contribution is 2.30. The first-order valence-corrected chi connectivity index (χ1v) is 6.59. The molecule has 0 saturated heterocycles. The number of allylic oxidation sites excluding steroid dienone is 1. The van der Waals surface area contributed by atoms with Crippen molar-refractivity contribution in [3.63, 3.8) is 0 Å². The summed E-state index contributed by atoms with van der Waals surface area (Å²) < 4.78 is 5.33. The van der Waals surface area contributed by atoms with Gasteiger partial charge >= 0.3 is 0 Å². The molecule has 0 aliphatic carbocycles. The topological polar surface area (TPSA) is 55.6 Å². The number of carbonyl (C=O) groups is 1. The van der Waals surface area contributed by atoms with E-state index < -0.39 is 6.04 Å². The van der Waals surface area contributed by atoms with Crippen molar-refractivity contribution in [2.24, 2.45) is 5.73 Å². The van der Waals surface area contributed by atoms with E-state index in [0.717, 1.165) is 25.0 Å². The third-order valence-corrected chi connectivity index (χ3v) is 3.21. The van der Waals surface area contributed by atoms with E-state index in [-0.39, 0.29) is 11.9 Å². The van der Waals surface area contributed by atoms with Crippen LogP contribution in [-0.4, -0.2) is 30.0 Å². The van der Waals surface area contributed by atoms with Gasteiger partial charge in [-0.3, -0.25) is 4.79 Å². The summed E-state index contributed by atoms with van der Waals surface area (Å²) in [6, 6.07) is -0.487. The van der Waals surface area contributed by atoms with Crippen molar-refractivity contribution in [3.05, 3.63) is 24.1 Å². The average molecular weight is 252 g/mol. The van der Waals surface area contributed by atoms with E-state index in [1.165, 1.54) is 0 Å². The summed E-state index contributed by atoms with van der Waals surface area (Å²) in [6.45, 7) is 8.03. The molecule has 0 aromatic carbocycles. The van der Waals surface area contributed by atoms with E-state index in [0.29, 0.717) is 12.1 Å². The van der Waals surface area contributed by atoms with E-state index in [9.17, 15) is 4.79 Å². The maximum Gasteiger partial charge on any atom is 0.244 e. The van der Waals surface area contributed by atoms with E-state index in [1.54, 1.807) is 12.0 Å². The van der Waals surface area contributed by atoms with Crippen molar-refractivity contribution in [3.8, 4) is 0 Å². The predicted molar refractivity (Wildman–Crippen MR) is 72.7 cm³/mol. The van der Waals surface area contributed by atoms with Gasteiger partial charge in [-0.15, -0.1) is 0 Å². The molecule has 4 nitrogen and oxygen atoms in total. The number of hydrogen-bond donors (Lipinski definition) is 1. The minimum atomic E-state index is -0.448. The highest BCUT2D eigenvalue weighted by Gasteiger charge is 2.35. The summed E-state index contributed by atoms with van der Waals surface area (Å²) in [5.74, 6) is 0.752. The van der Waals surface area contributed by atoms with Crippen LogP contribution < -0.4 is 5.73 Å². The number of nitrogens with two attached hydrogens (primary N) is 1. The molecule has 0 spiro atoms. The third-order valence-electron chi connectivity index (χ3n) is 3.21. The molecule has 1 heterocycles. The Morgan fingerprint density at radius 2 is 2.22 bits per heavy atom. The lowest BCUT2D eigenvalue weighted by Crippen LogP contribution is -2.46. The molecule has 1 amide bonds. The molecule has 18 heavy (non-hydrogen) atoms. The number of methoxy groups -OCH3 is 1. The van der Waals surface area contributed by atoms with Gasteiger partial charge in [-0.05, 0) is 12.8 Å². The van der Waals surface area contributed by atoms with Crippen LogP contribution in [0.2, 0.25) is 0 Å². The fraction of sp³-hybridized carbons (Fsp3) is 0.643. The van der Waals surface area contributed by atoms with Crippen molar-refractivity contribution >= 4 is 5.91 Å². The van der Waals surface area contributed by atoms with Crippen LogP contribution >= 0.6 is 0 Å². The standard InChI is InChI=1S/C14H24N2O2/c1-5-7-11(15)14(17)16-10(3)9-13(18-4)12(16)8-6-2/h9,11-12H,3,5-8,15H2,1-2,4H3/t11-,12+/m0/s1. The Morgan fingerprint density at radius 1 is 1.56 bits per heavy atom. The van der Waals surface area contributed by atoms with Crippen LogP contribution in [-0.2, 0) is 9.53 Å². The van der Waals surface area contributed by atoms with Crippen LogP contribution in [0.3, 0.4) is 0 Å². The molecule has 0 unspecified atom stereocenters. The molecular weight excluding hydrogens is 228 g/mol. The molecule has 0 bridgehead atoms. The maximum atomic E-state index is 12.3. The fourth-order valence-corrected chi connectivity index (χ4v) is 2.31. The number of nitrogens with zero attached hydrogens (tertiary/aromatic N) is 1. The van der Waals surface area contributed by atoms with Crippen molar-refractivity contribution < 1.29 is 9.53 Å². The zero-order chi connectivity index (χ0) is 13.7. The van der Waals surface area contributed by atoms with Crippen LogP contribution in [0.15, 0.2) is 24.1 Å². The molecule has 0 radical (unpaired) electrons. The first-order valence-electron chi connectivity index (χ1n) is 6.59. The van der Waals surface area contributed by atoms with Crippen molar-refractivity contribution in [1.82, 2.24) is 4.90 Å². The van der Waals surface area contributed by atoms with E-state index in [1.807, 2.05) is 13.0 Å². The van der Waals surface area contributed by atoms with Gasteiger partial charge in [0.1, 0.15) is 5.76 Å².